The zero-order chi connectivity index (χ0) is 22.1. The number of carboxylic acids is 1. The molecule has 1 rings (SSSR count). The SMILES string of the molecule is CSCCC(N)C(=O)NC(CS)C(=O)N1CCCC1C(=O)NC(C(=O)O)C(C)O. The number of aliphatic hydroxyl groups is 1. The summed E-state index contributed by atoms with van der Waals surface area (Å²) in [6.07, 6.45) is 1.97. The van der Waals surface area contributed by atoms with E-state index in [4.69, 9.17) is 10.8 Å². The molecule has 6 N–H and O–H groups in total. The van der Waals surface area contributed by atoms with E-state index in [9.17, 15) is 24.3 Å². The van der Waals surface area contributed by atoms with Gasteiger partial charge in [-0.1, -0.05) is 0 Å². The number of hydrogen-bond donors (Lipinski definition) is 6. The minimum atomic E-state index is -1.48. The van der Waals surface area contributed by atoms with E-state index in [0.717, 1.165) is 0 Å². The van der Waals surface area contributed by atoms with Gasteiger partial charge in [0.05, 0.1) is 12.1 Å². The van der Waals surface area contributed by atoms with Crippen molar-refractivity contribution in [2.75, 3.05) is 24.3 Å². The third-order valence-corrected chi connectivity index (χ3v) is 5.66. The van der Waals surface area contributed by atoms with E-state index in [2.05, 4.69) is 23.3 Å². The van der Waals surface area contributed by atoms with E-state index >= 15 is 0 Å². The summed E-state index contributed by atoms with van der Waals surface area (Å²) >= 11 is 5.69. The van der Waals surface area contributed by atoms with Crippen molar-refractivity contribution in [3.05, 3.63) is 0 Å². The number of likely N-dealkylation sites (tertiary alicyclic amines) is 1. The highest BCUT2D eigenvalue weighted by atomic mass is 32.2. The molecule has 166 valence electrons. The van der Waals surface area contributed by atoms with Gasteiger partial charge in [-0.3, -0.25) is 14.4 Å². The molecule has 12 heteroatoms. The van der Waals surface area contributed by atoms with E-state index in [1.807, 2.05) is 6.26 Å². The van der Waals surface area contributed by atoms with E-state index in [-0.39, 0.29) is 5.75 Å². The van der Waals surface area contributed by atoms with Gasteiger partial charge >= 0.3 is 5.97 Å². The number of thioether (sulfide) groups is 1. The van der Waals surface area contributed by atoms with Crippen LogP contribution in [0.3, 0.4) is 0 Å². The molecule has 0 saturated carbocycles. The molecule has 0 spiro atoms. The van der Waals surface area contributed by atoms with Gasteiger partial charge in [-0.05, 0) is 38.2 Å². The highest BCUT2D eigenvalue weighted by molar-refractivity contribution is 7.98. The molecule has 1 saturated heterocycles. The number of amides is 3. The van der Waals surface area contributed by atoms with Crippen molar-refractivity contribution in [2.24, 2.45) is 5.73 Å². The Balaban J connectivity index is 2.80. The van der Waals surface area contributed by atoms with Crippen LogP contribution in [0.2, 0.25) is 0 Å². The maximum atomic E-state index is 12.9. The molecule has 0 aromatic heterocycles. The molecular weight excluding hydrogens is 420 g/mol. The Labute approximate surface area is 179 Å². The predicted molar refractivity (Wildman–Crippen MR) is 113 cm³/mol. The molecule has 0 aromatic rings. The molecule has 0 radical (unpaired) electrons. The van der Waals surface area contributed by atoms with E-state index in [1.54, 1.807) is 11.8 Å². The number of aliphatic hydroxyl groups excluding tert-OH is 1. The fourth-order valence-corrected chi connectivity index (χ4v) is 3.72. The van der Waals surface area contributed by atoms with Crippen molar-refractivity contribution in [2.45, 2.75) is 56.5 Å². The Morgan fingerprint density at radius 1 is 1.31 bits per heavy atom. The van der Waals surface area contributed by atoms with Crippen LogP contribution in [-0.2, 0) is 19.2 Å². The molecule has 0 aliphatic carbocycles. The van der Waals surface area contributed by atoms with Crippen molar-refractivity contribution in [1.29, 1.82) is 0 Å². The average molecular weight is 451 g/mol. The first kappa shape index (κ1) is 25.5. The standard InChI is InChI=1S/C17H30N4O6S2/c1-9(22)13(17(26)27)20-15(24)12-4-3-6-21(12)16(25)11(8-28)19-14(23)10(18)5-7-29-2/h9-13,22,28H,3-8,18H2,1-2H3,(H,19,23)(H,20,24)(H,26,27). The lowest BCUT2D eigenvalue weighted by Crippen LogP contribution is -2.58. The van der Waals surface area contributed by atoms with Crippen molar-refractivity contribution in [3.63, 3.8) is 0 Å². The molecule has 5 unspecified atom stereocenters. The molecule has 1 aliphatic heterocycles. The van der Waals surface area contributed by atoms with Crippen LogP contribution in [-0.4, -0.2) is 93.4 Å². The van der Waals surface area contributed by atoms with Crippen LogP contribution in [0, 0.1) is 0 Å². The summed E-state index contributed by atoms with van der Waals surface area (Å²) in [5.74, 6) is -2.25. The molecule has 0 aromatic carbocycles. The summed E-state index contributed by atoms with van der Waals surface area (Å²) in [6, 6.07) is -4.06. The summed E-state index contributed by atoms with van der Waals surface area (Å²) in [5.41, 5.74) is 5.83. The monoisotopic (exact) mass is 450 g/mol. The van der Waals surface area contributed by atoms with Gasteiger partial charge < -0.3 is 31.5 Å². The number of nitrogens with two attached hydrogens (primary N) is 1. The van der Waals surface area contributed by atoms with Crippen LogP contribution in [0.5, 0.6) is 0 Å². The predicted octanol–water partition coefficient (Wildman–Crippen LogP) is -1.58. The Hall–Kier alpha value is -1.50. The molecule has 3 amide bonds. The van der Waals surface area contributed by atoms with Gasteiger partial charge in [-0.2, -0.15) is 24.4 Å². The lowest BCUT2D eigenvalue weighted by molar-refractivity contribution is -0.147. The van der Waals surface area contributed by atoms with Crippen molar-refractivity contribution >= 4 is 48.1 Å². The summed E-state index contributed by atoms with van der Waals surface area (Å²) in [6.45, 7) is 1.55. The minimum Gasteiger partial charge on any atom is -0.480 e. The van der Waals surface area contributed by atoms with Gasteiger partial charge in [-0.25, -0.2) is 4.79 Å². The molecular formula is C17H30N4O6S2. The molecule has 5 atom stereocenters. The second-order valence-corrected chi connectivity index (χ2v) is 8.24. The first-order chi connectivity index (χ1) is 13.6. The average Bonchev–Trinajstić information content (AvgIpc) is 3.16. The highest BCUT2D eigenvalue weighted by Crippen LogP contribution is 2.19. The van der Waals surface area contributed by atoms with Crippen LogP contribution < -0.4 is 16.4 Å². The first-order valence-corrected chi connectivity index (χ1v) is 11.3. The van der Waals surface area contributed by atoms with Crippen LogP contribution in [0.1, 0.15) is 26.2 Å². The molecule has 1 fully saturated rings. The van der Waals surface area contributed by atoms with E-state index in [0.29, 0.717) is 31.6 Å². The van der Waals surface area contributed by atoms with Gasteiger partial charge in [0, 0.05) is 12.3 Å². The topological polar surface area (TPSA) is 162 Å². The molecule has 1 aliphatic rings. The van der Waals surface area contributed by atoms with Gasteiger partial charge in [0.15, 0.2) is 6.04 Å². The van der Waals surface area contributed by atoms with Gasteiger partial charge in [0.2, 0.25) is 17.7 Å². The zero-order valence-corrected chi connectivity index (χ0v) is 18.2. The summed E-state index contributed by atoms with van der Waals surface area (Å²) in [7, 11) is 0. The highest BCUT2D eigenvalue weighted by Gasteiger charge is 2.39. The van der Waals surface area contributed by atoms with E-state index < -0.39 is 54.0 Å². The van der Waals surface area contributed by atoms with Crippen molar-refractivity contribution < 1.29 is 29.4 Å². The minimum absolute atomic E-state index is 0.0239. The van der Waals surface area contributed by atoms with Gasteiger partial charge in [-0.15, -0.1) is 0 Å². The molecule has 1 heterocycles. The van der Waals surface area contributed by atoms with Gasteiger partial charge in [0.1, 0.15) is 12.1 Å². The number of nitrogens with zero attached hydrogens (tertiary/aromatic N) is 1. The fraction of sp³-hybridized carbons (Fsp3) is 0.765. The number of carbonyl (C=O) groups excluding carboxylic acids is 3. The number of thiol groups is 1. The summed E-state index contributed by atoms with van der Waals surface area (Å²) in [4.78, 5) is 50.2. The first-order valence-electron chi connectivity index (χ1n) is 9.31. The molecule has 0 bridgehead atoms. The number of hydrogen-bond acceptors (Lipinski definition) is 8. The Bertz CT molecular complexity index is 606. The fourth-order valence-electron chi connectivity index (χ4n) is 2.98. The zero-order valence-electron chi connectivity index (χ0n) is 16.5. The largest absolute Gasteiger partial charge is 0.480 e. The normalized spacial score (nSPS) is 20.4. The third kappa shape index (κ3) is 7.36. The number of aliphatic carboxylic acids is 1. The summed E-state index contributed by atoms with van der Waals surface area (Å²) in [5, 5.41) is 23.5. The smallest absolute Gasteiger partial charge is 0.328 e. The molecule has 29 heavy (non-hydrogen) atoms. The van der Waals surface area contributed by atoms with Gasteiger partial charge in [0.25, 0.3) is 0 Å². The Morgan fingerprint density at radius 3 is 2.48 bits per heavy atom. The van der Waals surface area contributed by atoms with Crippen LogP contribution in [0.4, 0.5) is 0 Å². The second kappa shape index (κ2) is 12.3. The van der Waals surface area contributed by atoms with Crippen LogP contribution in [0.15, 0.2) is 0 Å². The van der Waals surface area contributed by atoms with E-state index in [1.165, 1.54) is 11.8 Å². The quantitative estimate of drug-likeness (QED) is 0.206. The number of carbonyl (C=O) groups is 4. The van der Waals surface area contributed by atoms with Crippen LogP contribution in [0.25, 0.3) is 0 Å². The Kier molecular flexibility index (Phi) is 10.8. The Morgan fingerprint density at radius 2 is 1.97 bits per heavy atom. The number of rotatable bonds is 11. The van der Waals surface area contributed by atoms with Crippen LogP contribution >= 0.6 is 24.4 Å². The summed E-state index contributed by atoms with van der Waals surface area (Å²) < 4.78 is 0. The van der Waals surface area contributed by atoms with Crippen molar-refractivity contribution in [3.8, 4) is 0 Å². The second-order valence-electron chi connectivity index (χ2n) is 6.89. The maximum absolute atomic E-state index is 12.9. The lowest BCUT2D eigenvalue weighted by Gasteiger charge is -2.29. The number of nitrogens with one attached hydrogen (secondary N) is 2. The lowest BCUT2D eigenvalue weighted by atomic mass is 10.1. The number of carboxylic acid groups (broad SMARTS) is 1. The maximum Gasteiger partial charge on any atom is 0.328 e. The third-order valence-electron chi connectivity index (χ3n) is 4.65. The van der Waals surface area contributed by atoms with Crippen molar-refractivity contribution in [1.82, 2.24) is 15.5 Å². The molecule has 10 nitrogen and oxygen atoms in total.